The van der Waals surface area contributed by atoms with E-state index in [1.54, 1.807) is 0 Å². The second-order valence-corrected chi connectivity index (χ2v) is 5.53. The van der Waals surface area contributed by atoms with Crippen LogP contribution in [0, 0.1) is 11.8 Å². The lowest BCUT2D eigenvalue weighted by Crippen LogP contribution is -2.35. The van der Waals surface area contributed by atoms with Crippen molar-refractivity contribution in [2.45, 2.75) is 45.1 Å². The second kappa shape index (κ2) is 5.67. The van der Waals surface area contributed by atoms with Crippen molar-refractivity contribution in [3.05, 3.63) is 18.0 Å². The summed E-state index contributed by atoms with van der Waals surface area (Å²) in [6, 6.07) is 0.674. The minimum absolute atomic E-state index is 0.674. The van der Waals surface area contributed by atoms with E-state index in [1.807, 2.05) is 17.9 Å². The predicted molar refractivity (Wildman–Crippen MR) is 70.9 cm³/mol. The number of hydrogen-bond donors (Lipinski definition) is 1. The van der Waals surface area contributed by atoms with Crippen LogP contribution in [0.5, 0.6) is 0 Å². The molecule has 3 unspecified atom stereocenters. The Morgan fingerprint density at radius 2 is 2.35 bits per heavy atom. The standard InChI is InChI=1S/C14H25N3/c1-11-5-4-6-13(11)14(15-2)8-7-12-9-16-17(3)10-12/h9-11,13-15H,4-8H2,1-3H3. The van der Waals surface area contributed by atoms with Gasteiger partial charge in [-0.15, -0.1) is 0 Å². The number of nitrogens with zero attached hydrogens (tertiary/aromatic N) is 2. The molecule has 1 aromatic heterocycles. The quantitative estimate of drug-likeness (QED) is 0.849. The molecule has 17 heavy (non-hydrogen) atoms. The summed E-state index contributed by atoms with van der Waals surface area (Å²) in [4.78, 5) is 0. The molecule has 3 heteroatoms. The molecule has 1 aliphatic rings. The van der Waals surface area contributed by atoms with Gasteiger partial charge in [0.1, 0.15) is 0 Å². The zero-order chi connectivity index (χ0) is 12.3. The van der Waals surface area contributed by atoms with Crippen LogP contribution in [0.3, 0.4) is 0 Å². The Labute approximate surface area is 105 Å². The average molecular weight is 235 g/mol. The first kappa shape index (κ1) is 12.6. The van der Waals surface area contributed by atoms with E-state index in [9.17, 15) is 0 Å². The van der Waals surface area contributed by atoms with E-state index in [0.717, 1.165) is 18.3 Å². The lowest BCUT2D eigenvalue weighted by atomic mass is 9.87. The third-order valence-corrected chi connectivity index (χ3v) is 4.32. The topological polar surface area (TPSA) is 29.9 Å². The highest BCUT2D eigenvalue weighted by molar-refractivity contribution is 5.04. The molecule has 1 fully saturated rings. The van der Waals surface area contributed by atoms with Gasteiger partial charge in [-0.25, -0.2) is 0 Å². The highest BCUT2D eigenvalue weighted by Crippen LogP contribution is 2.34. The molecule has 1 aromatic rings. The number of aryl methyl sites for hydroxylation is 2. The molecule has 2 rings (SSSR count). The van der Waals surface area contributed by atoms with Crippen LogP contribution in [-0.2, 0) is 13.5 Å². The molecule has 1 saturated carbocycles. The molecule has 0 aliphatic heterocycles. The highest BCUT2D eigenvalue weighted by Gasteiger charge is 2.29. The normalized spacial score (nSPS) is 26.3. The Balaban J connectivity index is 1.87. The Morgan fingerprint density at radius 3 is 2.88 bits per heavy atom. The second-order valence-electron chi connectivity index (χ2n) is 5.53. The Morgan fingerprint density at radius 1 is 1.53 bits per heavy atom. The van der Waals surface area contributed by atoms with Gasteiger partial charge in [0.25, 0.3) is 0 Å². The molecule has 0 spiro atoms. The van der Waals surface area contributed by atoms with Gasteiger partial charge in [-0.05, 0) is 43.7 Å². The maximum atomic E-state index is 4.23. The van der Waals surface area contributed by atoms with E-state index in [4.69, 9.17) is 0 Å². The molecule has 0 aromatic carbocycles. The zero-order valence-corrected chi connectivity index (χ0v) is 11.3. The Kier molecular flexibility index (Phi) is 4.21. The highest BCUT2D eigenvalue weighted by atomic mass is 15.2. The first-order valence-corrected chi connectivity index (χ1v) is 6.85. The molecule has 3 atom stereocenters. The van der Waals surface area contributed by atoms with Crippen LogP contribution in [0.25, 0.3) is 0 Å². The fourth-order valence-corrected chi connectivity index (χ4v) is 3.27. The van der Waals surface area contributed by atoms with Crippen LogP contribution in [0.4, 0.5) is 0 Å². The maximum Gasteiger partial charge on any atom is 0.0521 e. The SMILES string of the molecule is CNC(CCc1cnn(C)c1)C1CCCC1C. The summed E-state index contributed by atoms with van der Waals surface area (Å²) in [5, 5.41) is 7.75. The molecule has 1 N–H and O–H groups in total. The van der Waals surface area contributed by atoms with Crippen molar-refractivity contribution in [3.63, 3.8) is 0 Å². The first-order valence-electron chi connectivity index (χ1n) is 6.85. The maximum absolute atomic E-state index is 4.23. The molecule has 0 bridgehead atoms. The number of hydrogen-bond acceptors (Lipinski definition) is 2. The van der Waals surface area contributed by atoms with Crippen molar-refractivity contribution in [3.8, 4) is 0 Å². The van der Waals surface area contributed by atoms with Gasteiger partial charge in [0.2, 0.25) is 0 Å². The van der Waals surface area contributed by atoms with Crippen LogP contribution in [-0.4, -0.2) is 22.9 Å². The zero-order valence-electron chi connectivity index (χ0n) is 11.3. The summed E-state index contributed by atoms with van der Waals surface area (Å²) >= 11 is 0. The van der Waals surface area contributed by atoms with Gasteiger partial charge < -0.3 is 5.32 Å². The molecule has 0 radical (unpaired) electrons. The van der Waals surface area contributed by atoms with Crippen molar-refractivity contribution < 1.29 is 0 Å². The van der Waals surface area contributed by atoms with Gasteiger partial charge in [0, 0.05) is 19.3 Å². The third kappa shape index (κ3) is 3.09. The van der Waals surface area contributed by atoms with Crippen LogP contribution < -0.4 is 5.32 Å². The first-order chi connectivity index (χ1) is 8.20. The lowest BCUT2D eigenvalue weighted by Gasteiger charge is -2.26. The minimum atomic E-state index is 0.674. The minimum Gasteiger partial charge on any atom is -0.317 e. The molecule has 1 aliphatic carbocycles. The number of nitrogens with one attached hydrogen (secondary N) is 1. The number of aromatic nitrogens is 2. The molecule has 96 valence electrons. The van der Waals surface area contributed by atoms with Gasteiger partial charge in [-0.1, -0.05) is 19.8 Å². The lowest BCUT2D eigenvalue weighted by molar-refractivity contribution is 0.296. The fraction of sp³-hybridized carbons (Fsp3) is 0.786. The Hall–Kier alpha value is -0.830. The van der Waals surface area contributed by atoms with Crippen LogP contribution in [0.15, 0.2) is 12.4 Å². The fourth-order valence-electron chi connectivity index (χ4n) is 3.27. The summed E-state index contributed by atoms with van der Waals surface area (Å²) < 4.78 is 1.89. The van der Waals surface area contributed by atoms with Gasteiger partial charge in [-0.2, -0.15) is 5.10 Å². The summed E-state index contributed by atoms with van der Waals surface area (Å²) in [5.41, 5.74) is 1.36. The van der Waals surface area contributed by atoms with Crippen molar-refractivity contribution in [1.82, 2.24) is 15.1 Å². The van der Waals surface area contributed by atoms with Crippen molar-refractivity contribution in [2.75, 3.05) is 7.05 Å². The van der Waals surface area contributed by atoms with Gasteiger partial charge in [-0.3, -0.25) is 4.68 Å². The van der Waals surface area contributed by atoms with Gasteiger partial charge >= 0.3 is 0 Å². The monoisotopic (exact) mass is 235 g/mol. The largest absolute Gasteiger partial charge is 0.317 e. The van der Waals surface area contributed by atoms with Crippen LogP contribution in [0.1, 0.15) is 38.2 Å². The van der Waals surface area contributed by atoms with Crippen LogP contribution >= 0.6 is 0 Å². The van der Waals surface area contributed by atoms with Crippen LogP contribution in [0.2, 0.25) is 0 Å². The predicted octanol–water partition coefficient (Wildman–Crippen LogP) is 2.38. The molecular weight excluding hydrogens is 210 g/mol. The van der Waals surface area contributed by atoms with Gasteiger partial charge in [0.05, 0.1) is 6.20 Å². The molecule has 3 nitrogen and oxygen atoms in total. The molecule has 1 heterocycles. The van der Waals surface area contributed by atoms with Crippen molar-refractivity contribution in [1.29, 1.82) is 0 Å². The summed E-state index contributed by atoms with van der Waals surface area (Å²) in [5.74, 6) is 1.76. The summed E-state index contributed by atoms with van der Waals surface area (Å²) in [7, 11) is 4.09. The number of rotatable bonds is 5. The van der Waals surface area contributed by atoms with E-state index in [0.29, 0.717) is 6.04 Å². The van der Waals surface area contributed by atoms with E-state index in [1.165, 1.54) is 31.2 Å². The third-order valence-electron chi connectivity index (χ3n) is 4.32. The van der Waals surface area contributed by atoms with Crippen molar-refractivity contribution in [2.24, 2.45) is 18.9 Å². The van der Waals surface area contributed by atoms with Crippen molar-refractivity contribution >= 4 is 0 Å². The van der Waals surface area contributed by atoms with Gasteiger partial charge in [0.15, 0.2) is 0 Å². The molecule has 0 amide bonds. The van der Waals surface area contributed by atoms with E-state index < -0.39 is 0 Å². The summed E-state index contributed by atoms with van der Waals surface area (Å²) in [6.45, 7) is 2.41. The summed E-state index contributed by atoms with van der Waals surface area (Å²) in [6.07, 6.45) is 10.7. The van der Waals surface area contributed by atoms with E-state index in [-0.39, 0.29) is 0 Å². The molecule has 0 saturated heterocycles. The average Bonchev–Trinajstić information content (AvgIpc) is 2.90. The van der Waals surface area contributed by atoms with E-state index >= 15 is 0 Å². The van der Waals surface area contributed by atoms with E-state index in [2.05, 4.69) is 30.6 Å². The smallest absolute Gasteiger partial charge is 0.0521 e. The Bertz CT molecular complexity index is 345. The molecular formula is C14H25N3.